The highest BCUT2D eigenvalue weighted by Gasteiger charge is 2.29. The van der Waals surface area contributed by atoms with Crippen LogP contribution in [0.3, 0.4) is 0 Å². The first kappa shape index (κ1) is 13.1. The average Bonchev–Trinajstić information content (AvgIpc) is 2.85. The quantitative estimate of drug-likeness (QED) is 0.796. The molecule has 0 saturated heterocycles. The lowest BCUT2D eigenvalue weighted by Crippen LogP contribution is -2.04. The Morgan fingerprint density at radius 1 is 1.55 bits per heavy atom. The highest BCUT2D eigenvalue weighted by molar-refractivity contribution is 7.14. The van der Waals surface area contributed by atoms with Gasteiger partial charge in [-0.15, -0.1) is 11.3 Å². The van der Waals surface area contributed by atoms with Crippen molar-refractivity contribution >= 4 is 17.3 Å². The Morgan fingerprint density at radius 2 is 2.35 bits per heavy atom. The monoisotopic (exact) mass is 293 g/mol. The van der Waals surface area contributed by atoms with Crippen LogP contribution in [0.5, 0.6) is 5.75 Å². The number of alkyl halides is 1. The van der Waals surface area contributed by atoms with Gasteiger partial charge in [-0.1, -0.05) is 12.1 Å². The van der Waals surface area contributed by atoms with E-state index in [1.165, 1.54) is 0 Å². The standard InChI is InChI=1S/C14H12FNO3S/c1-2-18-14(17)13-16-11-8-5-3-4-6-10(8)19-7-9(15)12(11)20-13/h3-6,9H,2,7H2,1H3. The minimum atomic E-state index is -1.29. The van der Waals surface area contributed by atoms with Crippen molar-refractivity contribution in [3.8, 4) is 17.0 Å². The van der Waals surface area contributed by atoms with Gasteiger partial charge in [0.05, 0.1) is 17.2 Å². The molecule has 1 unspecified atom stereocenters. The third kappa shape index (κ3) is 2.16. The molecule has 0 fully saturated rings. The van der Waals surface area contributed by atoms with Crippen LogP contribution in [0, 0.1) is 0 Å². The lowest BCUT2D eigenvalue weighted by Gasteiger charge is -2.06. The SMILES string of the molecule is CCOC(=O)c1nc2c(s1)C(F)COc1ccccc1-2. The minimum Gasteiger partial charge on any atom is -0.489 e. The Morgan fingerprint density at radius 3 is 3.15 bits per heavy atom. The molecule has 4 nitrogen and oxygen atoms in total. The Kier molecular flexibility index (Phi) is 3.40. The number of esters is 1. The maximum Gasteiger partial charge on any atom is 0.367 e. The largest absolute Gasteiger partial charge is 0.489 e. The maximum atomic E-state index is 14.2. The van der Waals surface area contributed by atoms with E-state index < -0.39 is 12.1 Å². The summed E-state index contributed by atoms with van der Waals surface area (Å²) >= 11 is 1.03. The predicted octanol–water partition coefficient (Wildman–Crippen LogP) is 3.39. The number of halogens is 1. The summed E-state index contributed by atoms with van der Waals surface area (Å²) in [5, 5.41) is 0.177. The normalized spacial score (nSPS) is 16.6. The number of carbonyl (C=O) groups is 1. The van der Waals surface area contributed by atoms with Gasteiger partial charge in [0.15, 0.2) is 6.17 Å². The molecule has 0 spiro atoms. The fourth-order valence-corrected chi connectivity index (χ4v) is 2.98. The van der Waals surface area contributed by atoms with Gasteiger partial charge < -0.3 is 9.47 Å². The Labute approximate surface area is 119 Å². The van der Waals surface area contributed by atoms with Crippen LogP contribution in [0.1, 0.15) is 27.8 Å². The molecule has 104 valence electrons. The van der Waals surface area contributed by atoms with Crippen molar-refractivity contribution in [1.29, 1.82) is 0 Å². The summed E-state index contributed by atoms with van der Waals surface area (Å²) in [6.45, 7) is 1.91. The Hall–Kier alpha value is -1.95. The van der Waals surface area contributed by atoms with E-state index in [0.29, 0.717) is 21.9 Å². The van der Waals surface area contributed by atoms with Gasteiger partial charge in [0.2, 0.25) is 5.01 Å². The molecule has 0 amide bonds. The molecule has 2 heterocycles. The Bertz CT molecular complexity index is 656. The number of thiazole rings is 1. The van der Waals surface area contributed by atoms with Crippen molar-refractivity contribution < 1.29 is 18.7 Å². The van der Waals surface area contributed by atoms with E-state index in [0.717, 1.165) is 11.3 Å². The molecule has 0 N–H and O–H groups in total. The summed E-state index contributed by atoms with van der Waals surface area (Å²) in [5.74, 6) is 0.0609. The number of nitrogens with zero attached hydrogens (tertiary/aromatic N) is 1. The van der Waals surface area contributed by atoms with Crippen LogP contribution >= 0.6 is 11.3 Å². The smallest absolute Gasteiger partial charge is 0.367 e. The van der Waals surface area contributed by atoms with E-state index in [2.05, 4.69) is 4.98 Å². The second-order valence-electron chi connectivity index (χ2n) is 4.23. The van der Waals surface area contributed by atoms with Crippen LogP contribution in [0.25, 0.3) is 11.3 Å². The molecule has 0 saturated carbocycles. The van der Waals surface area contributed by atoms with E-state index >= 15 is 0 Å². The molecule has 0 radical (unpaired) electrons. The lowest BCUT2D eigenvalue weighted by atomic mass is 10.1. The van der Waals surface area contributed by atoms with Crippen LogP contribution in [0.2, 0.25) is 0 Å². The van der Waals surface area contributed by atoms with E-state index in [1.54, 1.807) is 19.1 Å². The van der Waals surface area contributed by atoms with Crippen LogP contribution in [0.4, 0.5) is 4.39 Å². The van der Waals surface area contributed by atoms with Crippen LogP contribution in [-0.2, 0) is 4.74 Å². The zero-order valence-electron chi connectivity index (χ0n) is 10.8. The molecule has 0 aliphatic carbocycles. The van der Waals surface area contributed by atoms with Crippen LogP contribution in [0.15, 0.2) is 24.3 Å². The summed E-state index contributed by atoms with van der Waals surface area (Å²) in [7, 11) is 0. The number of rotatable bonds is 2. The summed E-state index contributed by atoms with van der Waals surface area (Å²) in [4.78, 5) is 16.4. The number of hydrogen-bond acceptors (Lipinski definition) is 5. The summed E-state index contributed by atoms with van der Waals surface area (Å²) < 4.78 is 24.5. The van der Waals surface area contributed by atoms with Crippen molar-refractivity contribution in [1.82, 2.24) is 4.98 Å². The maximum absolute atomic E-state index is 14.2. The minimum absolute atomic E-state index is 0.0749. The first-order chi connectivity index (χ1) is 9.70. The van der Waals surface area contributed by atoms with Gasteiger partial charge >= 0.3 is 5.97 Å². The number of benzene rings is 1. The zero-order valence-corrected chi connectivity index (χ0v) is 11.6. The highest BCUT2D eigenvalue weighted by atomic mass is 32.1. The molecular weight excluding hydrogens is 281 g/mol. The van der Waals surface area contributed by atoms with E-state index in [9.17, 15) is 9.18 Å². The van der Waals surface area contributed by atoms with Crippen molar-refractivity contribution in [3.05, 3.63) is 34.2 Å². The average molecular weight is 293 g/mol. The summed E-state index contributed by atoms with van der Waals surface area (Å²) in [5.41, 5.74) is 1.17. The molecule has 1 aliphatic rings. The number of aromatic nitrogens is 1. The first-order valence-electron chi connectivity index (χ1n) is 6.24. The van der Waals surface area contributed by atoms with Gasteiger partial charge in [-0.2, -0.15) is 0 Å². The van der Waals surface area contributed by atoms with Crippen molar-refractivity contribution in [2.24, 2.45) is 0 Å². The third-order valence-electron chi connectivity index (χ3n) is 2.92. The Balaban J connectivity index is 2.11. The van der Waals surface area contributed by atoms with Gasteiger partial charge in [0.25, 0.3) is 0 Å². The van der Waals surface area contributed by atoms with Crippen molar-refractivity contribution in [2.45, 2.75) is 13.1 Å². The first-order valence-corrected chi connectivity index (χ1v) is 7.06. The molecule has 1 aromatic heterocycles. The van der Waals surface area contributed by atoms with Crippen molar-refractivity contribution in [2.75, 3.05) is 13.2 Å². The third-order valence-corrected chi connectivity index (χ3v) is 4.04. The fraction of sp³-hybridized carbons (Fsp3) is 0.286. The number of carbonyl (C=O) groups excluding carboxylic acids is 1. The molecule has 20 heavy (non-hydrogen) atoms. The number of para-hydroxylation sites is 1. The van der Waals surface area contributed by atoms with Gasteiger partial charge in [0, 0.05) is 5.56 Å². The van der Waals surface area contributed by atoms with Crippen LogP contribution in [-0.4, -0.2) is 24.2 Å². The van der Waals surface area contributed by atoms with Gasteiger partial charge in [0.1, 0.15) is 12.4 Å². The molecule has 2 aromatic rings. The predicted molar refractivity (Wildman–Crippen MR) is 72.9 cm³/mol. The van der Waals surface area contributed by atoms with Gasteiger partial charge in [-0.3, -0.25) is 0 Å². The number of ether oxygens (including phenoxy) is 2. The molecule has 3 rings (SSSR count). The summed E-state index contributed by atoms with van der Waals surface area (Å²) in [6, 6.07) is 7.21. The van der Waals surface area contributed by atoms with Gasteiger partial charge in [-0.25, -0.2) is 14.2 Å². The number of hydrogen-bond donors (Lipinski definition) is 0. The van der Waals surface area contributed by atoms with Gasteiger partial charge in [-0.05, 0) is 19.1 Å². The molecule has 1 atom stereocenters. The molecule has 6 heteroatoms. The molecule has 1 aromatic carbocycles. The molecular formula is C14H12FNO3S. The molecule has 0 bridgehead atoms. The second kappa shape index (κ2) is 5.20. The van der Waals surface area contributed by atoms with E-state index in [4.69, 9.17) is 9.47 Å². The zero-order chi connectivity index (χ0) is 14.1. The lowest BCUT2D eigenvalue weighted by molar-refractivity contribution is 0.0526. The number of fused-ring (bicyclic) bond motifs is 3. The van der Waals surface area contributed by atoms with E-state index in [-0.39, 0.29) is 18.2 Å². The fourth-order valence-electron chi connectivity index (χ4n) is 2.04. The van der Waals surface area contributed by atoms with E-state index in [1.807, 2.05) is 12.1 Å². The summed E-state index contributed by atoms with van der Waals surface area (Å²) in [6.07, 6.45) is -1.29. The van der Waals surface area contributed by atoms with Crippen molar-refractivity contribution in [3.63, 3.8) is 0 Å². The second-order valence-corrected chi connectivity index (χ2v) is 5.26. The topological polar surface area (TPSA) is 48.4 Å². The molecule has 1 aliphatic heterocycles. The van der Waals surface area contributed by atoms with Crippen LogP contribution < -0.4 is 4.74 Å². The highest BCUT2D eigenvalue weighted by Crippen LogP contribution is 2.42.